The Morgan fingerprint density at radius 2 is 1.81 bits per heavy atom. The smallest absolute Gasteiger partial charge is 0.254 e. The van der Waals surface area contributed by atoms with Crippen LogP contribution in [0.25, 0.3) is 11.1 Å². The van der Waals surface area contributed by atoms with E-state index in [-0.39, 0.29) is 11.7 Å². The van der Waals surface area contributed by atoms with E-state index in [2.05, 4.69) is 40.7 Å². The monoisotopic (exact) mass is 572 g/mol. The number of nitrogens with zero attached hydrogens (tertiary/aromatic N) is 2. The quantitative estimate of drug-likeness (QED) is 0.334. The van der Waals surface area contributed by atoms with Gasteiger partial charge in [0.25, 0.3) is 5.91 Å². The van der Waals surface area contributed by atoms with Gasteiger partial charge < -0.3 is 20.3 Å². The summed E-state index contributed by atoms with van der Waals surface area (Å²) in [5.41, 5.74) is 5.38. The summed E-state index contributed by atoms with van der Waals surface area (Å²) < 4.78 is 20.5. The summed E-state index contributed by atoms with van der Waals surface area (Å²) in [7, 11) is 1.65. The van der Waals surface area contributed by atoms with E-state index in [9.17, 15) is 4.79 Å². The van der Waals surface area contributed by atoms with Crippen LogP contribution in [0, 0.1) is 11.7 Å². The Kier molecular flexibility index (Phi) is 10.8. The lowest BCUT2D eigenvalue weighted by molar-refractivity contribution is 0.0680. The fraction of sp³-hybridized carbons (Fsp3) is 0.457. The molecular weight excluding hydrogens is 527 g/mol. The van der Waals surface area contributed by atoms with Crippen molar-refractivity contribution in [3.05, 3.63) is 94.8 Å². The molecule has 0 aromatic heterocycles. The molecule has 0 unspecified atom stereocenters. The molecule has 3 aromatic rings. The van der Waals surface area contributed by atoms with Gasteiger partial charge in [-0.05, 0) is 97.8 Å². The molecule has 2 saturated heterocycles. The van der Waals surface area contributed by atoms with Crippen molar-refractivity contribution in [2.24, 2.45) is 5.92 Å². The summed E-state index contributed by atoms with van der Waals surface area (Å²) >= 11 is 0. The standard InChI is InChI=1S/C35H45FN4O2/c1-26-23-39(16-15-38-26)24-29-6-4-7-31(21-29)33-22-30(9-10-34(33)36)25-40(17-18-42-2)35(41)32-8-3-5-28(20-32)19-27-11-13-37-14-12-27/h3-10,20-22,26-27,37-38H,11-19,23-25H2,1-2H3/t26-/m0/s1. The van der Waals surface area contributed by atoms with E-state index in [1.807, 2.05) is 41.3 Å². The molecule has 2 aliphatic rings. The molecule has 2 N–H and O–H groups in total. The van der Waals surface area contributed by atoms with Gasteiger partial charge in [0.2, 0.25) is 0 Å². The van der Waals surface area contributed by atoms with E-state index < -0.39 is 0 Å². The molecule has 0 aliphatic carbocycles. The summed E-state index contributed by atoms with van der Waals surface area (Å²) in [5.74, 6) is 0.363. The van der Waals surface area contributed by atoms with E-state index in [1.54, 1.807) is 13.2 Å². The van der Waals surface area contributed by atoms with Crippen molar-refractivity contribution in [1.29, 1.82) is 0 Å². The molecule has 6 nitrogen and oxygen atoms in total. The van der Waals surface area contributed by atoms with Crippen LogP contribution in [0.15, 0.2) is 66.7 Å². The number of carbonyl (C=O) groups is 1. The topological polar surface area (TPSA) is 56.8 Å². The number of ether oxygens (including phenoxy) is 1. The van der Waals surface area contributed by atoms with Crippen molar-refractivity contribution >= 4 is 5.91 Å². The lowest BCUT2D eigenvalue weighted by Gasteiger charge is -2.31. The third kappa shape index (κ3) is 8.26. The van der Waals surface area contributed by atoms with Crippen molar-refractivity contribution in [1.82, 2.24) is 20.4 Å². The first kappa shape index (κ1) is 30.4. The minimum absolute atomic E-state index is 0.0302. The van der Waals surface area contributed by atoms with Crippen molar-refractivity contribution in [3.63, 3.8) is 0 Å². The highest BCUT2D eigenvalue weighted by molar-refractivity contribution is 5.94. The number of halogens is 1. The number of methoxy groups -OCH3 is 1. The van der Waals surface area contributed by atoms with Gasteiger partial charge in [0, 0.05) is 63.5 Å². The van der Waals surface area contributed by atoms with Crippen molar-refractivity contribution < 1.29 is 13.9 Å². The first-order chi connectivity index (χ1) is 20.5. The van der Waals surface area contributed by atoms with Crippen LogP contribution in [-0.4, -0.2) is 74.7 Å². The number of piperidine rings is 1. The molecule has 0 saturated carbocycles. The van der Waals surface area contributed by atoms with Crippen molar-refractivity contribution in [2.75, 3.05) is 53.0 Å². The minimum atomic E-state index is -0.257. The maximum Gasteiger partial charge on any atom is 0.254 e. The lowest BCUT2D eigenvalue weighted by atomic mass is 9.90. The van der Waals surface area contributed by atoms with Crippen LogP contribution in [0.3, 0.4) is 0 Å². The molecule has 3 aromatic carbocycles. The fourth-order valence-corrected chi connectivity index (χ4v) is 6.25. The van der Waals surface area contributed by atoms with Crippen LogP contribution in [0.1, 0.15) is 46.8 Å². The van der Waals surface area contributed by atoms with Gasteiger partial charge in [-0.25, -0.2) is 4.39 Å². The fourth-order valence-electron chi connectivity index (χ4n) is 6.25. The van der Waals surface area contributed by atoms with Gasteiger partial charge >= 0.3 is 0 Å². The average molecular weight is 573 g/mol. The first-order valence-electron chi connectivity index (χ1n) is 15.4. The van der Waals surface area contributed by atoms with Crippen molar-refractivity contribution in [2.45, 2.75) is 45.3 Å². The van der Waals surface area contributed by atoms with Gasteiger partial charge in [0.05, 0.1) is 6.61 Å². The SMILES string of the molecule is COCCN(Cc1ccc(F)c(-c2cccc(CN3CCN[C@@H](C)C3)c2)c1)C(=O)c1cccc(CC2CCNCC2)c1. The molecule has 5 rings (SSSR count). The van der Waals surface area contributed by atoms with E-state index in [0.29, 0.717) is 42.8 Å². The normalized spacial score (nSPS) is 18.2. The van der Waals surface area contributed by atoms with E-state index in [4.69, 9.17) is 4.74 Å². The number of hydrogen-bond donors (Lipinski definition) is 2. The highest BCUT2D eigenvalue weighted by Gasteiger charge is 2.20. The average Bonchev–Trinajstić information content (AvgIpc) is 3.00. The Bertz CT molecular complexity index is 1330. The minimum Gasteiger partial charge on any atom is -0.383 e. The maximum atomic E-state index is 15.2. The number of piperazine rings is 1. The third-order valence-electron chi connectivity index (χ3n) is 8.51. The van der Waals surface area contributed by atoms with Gasteiger partial charge in [-0.2, -0.15) is 0 Å². The van der Waals surface area contributed by atoms with Gasteiger partial charge in [-0.1, -0.05) is 36.4 Å². The van der Waals surface area contributed by atoms with Gasteiger partial charge in [0.15, 0.2) is 0 Å². The molecule has 2 aliphatic heterocycles. The predicted molar refractivity (Wildman–Crippen MR) is 167 cm³/mol. The summed E-state index contributed by atoms with van der Waals surface area (Å²) in [5, 5.41) is 6.91. The van der Waals surface area contributed by atoms with Crippen LogP contribution >= 0.6 is 0 Å². The van der Waals surface area contributed by atoms with Crippen LogP contribution < -0.4 is 10.6 Å². The Morgan fingerprint density at radius 1 is 1.00 bits per heavy atom. The van der Waals surface area contributed by atoms with Crippen LogP contribution in [0.5, 0.6) is 0 Å². The second kappa shape index (κ2) is 14.9. The zero-order valence-electron chi connectivity index (χ0n) is 25.1. The predicted octanol–water partition coefficient (Wildman–Crippen LogP) is 5.12. The van der Waals surface area contributed by atoms with E-state index >= 15 is 4.39 Å². The third-order valence-corrected chi connectivity index (χ3v) is 8.51. The molecule has 42 heavy (non-hydrogen) atoms. The molecule has 0 radical (unpaired) electrons. The number of rotatable bonds is 11. The largest absolute Gasteiger partial charge is 0.383 e. The molecule has 7 heteroatoms. The maximum absolute atomic E-state index is 15.2. The Hall–Kier alpha value is -3.10. The second-order valence-corrected chi connectivity index (χ2v) is 11.9. The van der Waals surface area contributed by atoms with E-state index in [1.165, 1.54) is 30.0 Å². The highest BCUT2D eigenvalue weighted by atomic mass is 19.1. The van der Waals surface area contributed by atoms with Gasteiger partial charge in [-0.15, -0.1) is 0 Å². The Balaban J connectivity index is 1.32. The number of nitrogens with one attached hydrogen (secondary N) is 2. The summed E-state index contributed by atoms with van der Waals surface area (Å²) in [4.78, 5) is 18.0. The molecule has 1 atom stereocenters. The molecule has 1 amide bonds. The zero-order chi connectivity index (χ0) is 29.3. The number of benzene rings is 3. The summed E-state index contributed by atoms with van der Waals surface area (Å²) in [6.07, 6.45) is 3.33. The highest BCUT2D eigenvalue weighted by Crippen LogP contribution is 2.27. The molecule has 2 heterocycles. The Morgan fingerprint density at radius 3 is 2.62 bits per heavy atom. The zero-order valence-corrected chi connectivity index (χ0v) is 25.1. The molecule has 2 fully saturated rings. The summed E-state index contributed by atoms with van der Waals surface area (Å²) in [6, 6.07) is 21.9. The summed E-state index contributed by atoms with van der Waals surface area (Å²) in [6.45, 7) is 9.44. The first-order valence-corrected chi connectivity index (χ1v) is 15.4. The van der Waals surface area contributed by atoms with Gasteiger partial charge in [-0.3, -0.25) is 9.69 Å². The van der Waals surface area contributed by atoms with Crippen LogP contribution in [-0.2, 0) is 24.2 Å². The second-order valence-electron chi connectivity index (χ2n) is 11.9. The number of hydrogen-bond acceptors (Lipinski definition) is 5. The lowest BCUT2D eigenvalue weighted by Crippen LogP contribution is -2.48. The molecular formula is C35H45FN4O2. The van der Waals surface area contributed by atoms with Crippen molar-refractivity contribution in [3.8, 4) is 11.1 Å². The van der Waals surface area contributed by atoms with Gasteiger partial charge in [0.1, 0.15) is 5.82 Å². The molecule has 224 valence electrons. The molecule has 0 spiro atoms. The van der Waals surface area contributed by atoms with E-state index in [0.717, 1.165) is 56.8 Å². The Labute approximate surface area is 250 Å². The van der Waals surface area contributed by atoms with Crippen LogP contribution in [0.2, 0.25) is 0 Å². The molecule has 0 bridgehead atoms. The number of amides is 1. The van der Waals surface area contributed by atoms with Crippen LogP contribution in [0.4, 0.5) is 4.39 Å². The number of carbonyl (C=O) groups excluding carboxylic acids is 1.